The molecule has 0 atom stereocenters. The maximum atomic E-state index is 10.5. The Morgan fingerprint density at radius 1 is 0.537 bits per heavy atom. The van der Waals surface area contributed by atoms with Crippen molar-refractivity contribution >= 4 is 44.6 Å². The molecule has 0 unspecified atom stereocenters. The number of benzene rings is 9. The smallest absolute Gasteiger partial charge is 0.135 e. The number of fused-ring (bicyclic) bond motifs is 5. The Hall–Kier alpha value is -7.98. The van der Waals surface area contributed by atoms with Gasteiger partial charge in [-0.05, 0) is 156 Å². The van der Waals surface area contributed by atoms with Crippen LogP contribution in [0.1, 0.15) is 125 Å². The van der Waals surface area contributed by atoms with Crippen molar-refractivity contribution in [3.8, 4) is 61.8 Å². The Morgan fingerprint density at radius 2 is 1.17 bits per heavy atom. The summed E-state index contributed by atoms with van der Waals surface area (Å²) in [4.78, 5) is 8.50. The normalized spacial score (nSPS) is 17.2. The molecule has 0 radical (unpaired) electrons. The van der Waals surface area contributed by atoms with Crippen molar-refractivity contribution in [3.05, 3.63) is 247 Å². The quantitative estimate of drug-likeness (QED) is 0.135. The first-order valence-corrected chi connectivity index (χ1v) is 27.4. The zero-order valence-corrected chi connectivity index (χ0v) is 49.7. The summed E-state index contributed by atoms with van der Waals surface area (Å²) in [5.74, 6) is 0.918. The fourth-order valence-corrected chi connectivity index (χ4v) is 11.1. The molecule has 82 heavy (non-hydrogen) atoms. The van der Waals surface area contributed by atoms with Crippen molar-refractivity contribution in [2.45, 2.75) is 104 Å². The fraction of sp³-hybridized carbons (Fsp3) is 0.211. The van der Waals surface area contributed by atoms with Crippen molar-refractivity contribution in [1.82, 2.24) is 9.55 Å². The largest absolute Gasteiger partial charge is 0.509 e. The summed E-state index contributed by atoms with van der Waals surface area (Å²) in [6.07, 6.45) is 3.10. The van der Waals surface area contributed by atoms with E-state index in [1.165, 1.54) is 0 Å². The van der Waals surface area contributed by atoms with Crippen molar-refractivity contribution < 1.29 is 46.4 Å². The second-order valence-corrected chi connectivity index (χ2v) is 24.4. The van der Waals surface area contributed by atoms with E-state index in [-0.39, 0.29) is 131 Å². The molecule has 2 aliphatic rings. The summed E-state index contributed by atoms with van der Waals surface area (Å²) in [6, 6.07) is 33.8. The maximum Gasteiger partial charge on any atom is 0.135 e. The average molecular weight is 1260 g/mol. The van der Waals surface area contributed by atoms with Crippen LogP contribution in [0, 0.1) is 18.8 Å². The predicted molar refractivity (Wildman–Crippen MR) is 339 cm³/mol. The minimum absolute atomic E-state index is 0. The molecule has 11 aromatic rings. The predicted octanol–water partition coefficient (Wildman–Crippen LogP) is 20.6. The fourth-order valence-electron chi connectivity index (χ4n) is 11.1. The number of nitrogens with zero attached hydrogens (tertiary/aromatic N) is 4. The Morgan fingerprint density at radius 3 is 1.90 bits per heavy atom. The summed E-state index contributed by atoms with van der Waals surface area (Å²) >= 11 is 0. The first kappa shape index (κ1) is 39.4. The van der Waals surface area contributed by atoms with Gasteiger partial charge in [0.25, 0.3) is 0 Å². The molecule has 5 nitrogen and oxygen atoms in total. The van der Waals surface area contributed by atoms with Gasteiger partial charge in [0.15, 0.2) is 0 Å². The van der Waals surface area contributed by atoms with Crippen LogP contribution >= 0.6 is 0 Å². The van der Waals surface area contributed by atoms with Gasteiger partial charge in [0.05, 0.1) is 20.6 Å². The Kier molecular flexibility index (Phi) is 9.99. The van der Waals surface area contributed by atoms with E-state index in [0.717, 1.165) is 12.0 Å². The summed E-state index contributed by atoms with van der Waals surface area (Å²) < 4.78 is 151. The summed E-state index contributed by atoms with van der Waals surface area (Å²) in [5.41, 5.74) is 3.70. The Labute approximate surface area is 520 Å². The van der Waals surface area contributed by atoms with Gasteiger partial charge in [0, 0.05) is 72.5 Å². The second-order valence-electron chi connectivity index (χ2n) is 24.4. The molecule has 0 bridgehead atoms. The van der Waals surface area contributed by atoms with Gasteiger partial charge in [-0.2, -0.15) is 12.1 Å². The van der Waals surface area contributed by atoms with Crippen molar-refractivity contribution in [2.75, 3.05) is 9.80 Å². The molecule has 9 aromatic carbocycles. The molecule has 0 N–H and O–H groups in total. The van der Waals surface area contributed by atoms with E-state index in [2.05, 4.69) is 60.6 Å². The molecule has 412 valence electrons. The molecule has 0 fully saturated rings. The van der Waals surface area contributed by atoms with Crippen LogP contribution in [-0.2, 0) is 42.7 Å². The minimum Gasteiger partial charge on any atom is -0.509 e. The van der Waals surface area contributed by atoms with Crippen LogP contribution in [0.15, 0.2) is 206 Å². The summed E-state index contributed by atoms with van der Waals surface area (Å²) in [7, 11) is 0. The average Bonchev–Trinajstić information content (AvgIpc) is 1.68. The van der Waals surface area contributed by atoms with Gasteiger partial charge in [0.1, 0.15) is 5.82 Å². The molecular weight excluding hydrogens is 1180 g/mol. The second kappa shape index (κ2) is 20.8. The van der Waals surface area contributed by atoms with Gasteiger partial charge in [0.2, 0.25) is 0 Å². The standard InChI is InChI=1S/C76H69N4O.Pt/c1-73(2,3)56-36-39-77-71(46-56)80-67-29-18-17-28-61(67)62-34-33-60(48-70(62)80)81-59-27-21-26-58(47-59)78-49-79(69-31-20-19-30-68(69)78)72-63(52-32-35-65-66(43-52)76(9,10)38-37-75(65,7)8)44-57(74(4,5)6)45-64(72)55-41-53(50-22-13-11-14-23-50)40-54(42-55)51-24-15-12-16-25-51;/h11-36,39-46,49H,37-38H2,1-10H3;/q-3;/i11D,13D,14D,17D,18D,22D,23D,28D,29D,32D,35D,40D,41D,42D,43D;. The zero-order valence-electron chi connectivity index (χ0n) is 62.5. The number of anilines is 4. The van der Waals surface area contributed by atoms with Crippen LogP contribution < -0.4 is 14.5 Å². The van der Waals surface area contributed by atoms with Crippen molar-refractivity contribution in [1.29, 1.82) is 0 Å². The van der Waals surface area contributed by atoms with Crippen LogP contribution in [0.5, 0.6) is 11.5 Å². The van der Waals surface area contributed by atoms with E-state index in [4.69, 9.17) is 17.9 Å². The zero-order chi connectivity index (χ0) is 69.1. The number of hydrogen-bond acceptors (Lipinski definition) is 4. The van der Waals surface area contributed by atoms with Gasteiger partial charge in [-0.25, -0.2) is 4.98 Å². The topological polar surface area (TPSA) is 33.5 Å². The van der Waals surface area contributed by atoms with E-state index in [0.29, 0.717) is 73.4 Å². The molecule has 2 aromatic heterocycles. The van der Waals surface area contributed by atoms with E-state index < -0.39 is 58.5 Å². The van der Waals surface area contributed by atoms with Crippen LogP contribution in [0.25, 0.3) is 72.1 Å². The first-order valence-electron chi connectivity index (χ1n) is 34.9. The summed E-state index contributed by atoms with van der Waals surface area (Å²) in [6.45, 7) is 22.3. The number of ether oxygens (including phenoxy) is 1. The molecule has 1 aliphatic heterocycles. The SMILES string of the molecule is [2H]c1c([2H])c([2H])c(-c2c([2H])c(-c3ccccc3)c([2H])c(-c3cc(C(C)(C)C)cc(-c4c([2H])c([2H])c5c(c4[2H])C(C)(C)CCC5(C)C)c3N3[CH-]N(c4[c-]c(Oc5[c-]c6c(cc5)c5c([2H])c([2H])c([2H])c([2H])c5n6-c5cc(C(C)(C)C)ccn5)ccc4)c4ccccc43)c2[2H])c([2H])c1[2H].[Pt]. The third-order valence-corrected chi connectivity index (χ3v) is 15.8. The Bertz CT molecular complexity index is 5100. The van der Waals surface area contributed by atoms with Crippen LogP contribution in [0.3, 0.4) is 0 Å². The van der Waals surface area contributed by atoms with E-state index >= 15 is 0 Å². The monoisotopic (exact) mass is 1260 g/mol. The van der Waals surface area contributed by atoms with Gasteiger partial charge < -0.3 is 19.1 Å². The van der Waals surface area contributed by atoms with Crippen LogP contribution in [0.4, 0.5) is 22.7 Å². The van der Waals surface area contributed by atoms with Gasteiger partial charge >= 0.3 is 0 Å². The number of pyridine rings is 1. The summed E-state index contributed by atoms with van der Waals surface area (Å²) in [5, 5.41) is 0.810. The third kappa shape index (κ3) is 9.95. The molecule has 0 spiro atoms. The minimum atomic E-state index is -0.712. The number of hydrogen-bond donors (Lipinski definition) is 0. The van der Waals surface area contributed by atoms with Crippen LogP contribution in [-0.4, -0.2) is 9.55 Å². The maximum absolute atomic E-state index is 10.5. The molecule has 3 heterocycles. The van der Waals surface area contributed by atoms with E-state index in [9.17, 15) is 12.3 Å². The number of para-hydroxylation sites is 3. The van der Waals surface area contributed by atoms with Gasteiger partial charge in [-0.3, -0.25) is 0 Å². The van der Waals surface area contributed by atoms with E-state index in [1.54, 1.807) is 65.4 Å². The third-order valence-electron chi connectivity index (χ3n) is 15.8. The molecular formula is C76H69N4OPt-3. The Balaban J connectivity index is 0.00000897. The van der Waals surface area contributed by atoms with Crippen LogP contribution in [0.2, 0.25) is 0 Å². The molecule has 0 saturated carbocycles. The van der Waals surface area contributed by atoms with Gasteiger partial charge in [-0.15, -0.1) is 48.1 Å². The molecule has 6 heteroatoms. The first-order chi connectivity index (χ1) is 45.2. The number of rotatable bonds is 9. The molecule has 13 rings (SSSR count). The van der Waals surface area contributed by atoms with Crippen molar-refractivity contribution in [3.63, 3.8) is 0 Å². The van der Waals surface area contributed by atoms with Crippen molar-refractivity contribution in [2.24, 2.45) is 0 Å². The molecule has 0 saturated heterocycles. The van der Waals surface area contributed by atoms with Gasteiger partial charge in [-0.1, -0.05) is 184 Å². The molecule has 1 aliphatic carbocycles. The molecule has 0 amide bonds. The number of aromatic nitrogens is 2. The van der Waals surface area contributed by atoms with E-state index in [1.807, 2.05) is 91.8 Å².